The van der Waals surface area contributed by atoms with Crippen LogP contribution in [0.4, 0.5) is 10.1 Å². The van der Waals surface area contributed by atoms with Crippen LogP contribution in [-0.4, -0.2) is 20.9 Å². The van der Waals surface area contributed by atoms with Gasteiger partial charge in [-0.1, -0.05) is 6.07 Å². The Bertz CT molecular complexity index is 1120. The molecule has 7 heteroatoms. The number of aliphatic imine (C=N–C) groups is 1. The fourth-order valence-electron chi connectivity index (χ4n) is 2.43. The molecular weight excluding hydrogens is 353 g/mol. The summed E-state index contributed by atoms with van der Waals surface area (Å²) in [4.78, 5) is 18.8. The van der Waals surface area contributed by atoms with Crippen molar-refractivity contribution >= 4 is 24.1 Å². The Labute approximate surface area is 154 Å². The van der Waals surface area contributed by atoms with Crippen LogP contribution in [0.2, 0.25) is 0 Å². The number of halogens is 1. The molecule has 3 rings (SSSR count). The number of benzene rings is 2. The summed E-state index contributed by atoms with van der Waals surface area (Å²) in [7, 11) is 0. The van der Waals surface area contributed by atoms with Crippen LogP contribution in [0.15, 0.2) is 52.3 Å². The van der Waals surface area contributed by atoms with E-state index in [1.807, 2.05) is 26.0 Å². The highest BCUT2D eigenvalue weighted by molar-refractivity contribution is 7.71. The normalized spacial score (nSPS) is 11.2. The maximum atomic E-state index is 13.0. The number of nitrogens with one attached hydrogen (secondary N) is 1. The van der Waals surface area contributed by atoms with Gasteiger partial charge in [-0.3, -0.25) is 19.3 Å². The van der Waals surface area contributed by atoms with Crippen molar-refractivity contribution < 1.29 is 9.50 Å². The van der Waals surface area contributed by atoms with Crippen LogP contribution < -0.4 is 5.56 Å². The van der Waals surface area contributed by atoms with E-state index in [2.05, 4.69) is 9.98 Å². The lowest BCUT2D eigenvalue weighted by molar-refractivity contribution is 0.432. The Hall–Kier alpha value is -3.06. The first kappa shape index (κ1) is 17.8. The van der Waals surface area contributed by atoms with E-state index in [9.17, 15) is 14.3 Å². The van der Waals surface area contributed by atoms with Gasteiger partial charge in [0.05, 0.1) is 11.4 Å². The molecule has 0 aliphatic rings. The molecule has 0 bridgehead atoms. The molecule has 0 spiro atoms. The molecule has 1 heterocycles. The second kappa shape index (κ2) is 7.05. The predicted molar refractivity (Wildman–Crippen MR) is 102 cm³/mol. The summed E-state index contributed by atoms with van der Waals surface area (Å²) in [5.74, 6) is -0.694. The summed E-state index contributed by atoms with van der Waals surface area (Å²) in [5, 5.41) is 10.6. The number of hydrogen-bond acceptors (Lipinski definition) is 4. The molecule has 0 unspecified atom stereocenters. The molecule has 0 radical (unpaired) electrons. The van der Waals surface area contributed by atoms with Gasteiger partial charge in [0.2, 0.25) is 5.88 Å². The van der Waals surface area contributed by atoms with Crippen molar-refractivity contribution in [1.29, 1.82) is 0 Å². The molecule has 0 saturated heterocycles. The Morgan fingerprint density at radius 3 is 2.50 bits per heavy atom. The highest BCUT2D eigenvalue weighted by atomic mass is 32.1. The number of aromatic hydroxyl groups is 1. The van der Waals surface area contributed by atoms with Gasteiger partial charge < -0.3 is 5.11 Å². The summed E-state index contributed by atoms with van der Waals surface area (Å²) < 4.78 is 14.4. The van der Waals surface area contributed by atoms with Crippen LogP contribution >= 0.6 is 12.2 Å². The molecular formula is C19H16FN3O2S. The molecule has 0 aliphatic heterocycles. The van der Waals surface area contributed by atoms with Crippen molar-refractivity contribution in [2.45, 2.75) is 13.8 Å². The maximum Gasteiger partial charge on any atom is 0.264 e. The number of hydrogen-bond donors (Lipinski definition) is 2. The summed E-state index contributed by atoms with van der Waals surface area (Å²) >= 11 is 5.20. The Kier molecular flexibility index (Phi) is 4.81. The number of nitrogens with zero attached hydrogens (tertiary/aromatic N) is 2. The molecule has 3 aromatic rings. The third-order valence-electron chi connectivity index (χ3n) is 4.04. The largest absolute Gasteiger partial charge is 0.494 e. The van der Waals surface area contributed by atoms with E-state index in [0.717, 1.165) is 11.1 Å². The van der Waals surface area contributed by atoms with E-state index in [-0.39, 0.29) is 22.0 Å². The van der Waals surface area contributed by atoms with Crippen LogP contribution in [0.1, 0.15) is 16.7 Å². The SMILES string of the molecule is Cc1ccc(-n2c(O)c(C=Nc3ccc(F)cc3)c(=O)[nH]c2=S)cc1C. The molecule has 5 nitrogen and oxygen atoms in total. The van der Waals surface area contributed by atoms with E-state index in [1.165, 1.54) is 35.0 Å². The smallest absolute Gasteiger partial charge is 0.264 e. The second-order valence-electron chi connectivity index (χ2n) is 5.84. The van der Waals surface area contributed by atoms with Crippen molar-refractivity contribution in [3.05, 3.63) is 80.1 Å². The molecule has 26 heavy (non-hydrogen) atoms. The highest BCUT2D eigenvalue weighted by Gasteiger charge is 2.13. The van der Waals surface area contributed by atoms with E-state index in [4.69, 9.17) is 12.2 Å². The zero-order valence-electron chi connectivity index (χ0n) is 14.2. The minimum Gasteiger partial charge on any atom is -0.494 e. The molecule has 132 valence electrons. The van der Waals surface area contributed by atoms with Gasteiger partial charge in [-0.05, 0) is 73.6 Å². The van der Waals surface area contributed by atoms with Crippen molar-refractivity contribution in [2.75, 3.05) is 0 Å². The number of rotatable bonds is 3. The van der Waals surface area contributed by atoms with Crippen LogP contribution in [0.5, 0.6) is 5.88 Å². The fourth-order valence-corrected chi connectivity index (χ4v) is 2.71. The van der Waals surface area contributed by atoms with Gasteiger partial charge in [-0.15, -0.1) is 0 Å². The Morgan fingerprint density at radius 1 is 1.15 bits per heavy atom. The molecule has 0 saturated carbocycles. The number of aromatic amines is 1. The second-order valence-corrected chi connectivity index (χ2v) is 6.22. The van der Waals surface area contributed by atoms with Gasteiger partial charge in [-0.2, -0.15) is 0 Å². The number of H-pyrrole nitrogens is 1. The summed E-state index contributed by atoms with van der Waals surface area (Å²) in [6, 6.07) is 11.0. The van der Waals surface area contributed by atoms with Crippen LogP contribution in [0.25, 0.3) is 5.69 Å². The molecule has 2 N–H and O–H groups in total. The van der Waals surface area contributed by atoms with Gasteiger partial charge in [0.1, 0.15) is 11.4 Å². The van der Waals surface area contributed by atoms with Gasteiger partial charge in [0.25, 0.3) is 5.56 Å². The van der Waals surface area contributed by atoms with E-state index in [0.29, 0.717) is 11.4 Å². The molecule has 0 fully saturated rings. The molecule has 1 aromatic heterocycles. The Morgan fingerprint density at radius 2 is 1.85 bits per heavy atom. The lowest BCUT2D eigenvalue weighted by Crippen LogP contribution is -2.18. The van der Waals surface area contributed by atoms with Crippen molar-refractivity contribution in [1.82, 2.24) is 9.55 Å². The quantitative estimate of drug-likeness (QED) is 0.539. The van der Waals surface area contributed by atoms with E-state index >= 15 is 0 Å². The summed E-state index contributed by atoms with van der Waals surface area (Å²) in [6.07, 6.45) is 1.23. The van der Waals surface area contributed by atoms with Crippen molar-refractivity contribution in [3.63, 3.8) is 0 Å². The van der Waals surface area contributed by atoms with Crippen molar-refractivity contribution in [3.8, 4) is 11.6 Å². The highest BCUT2D eigenvalue weighted by Crippen LogP contribution is 2.21. The average Bonchev–Trinajstić information content (AvgIpc) is 2.59. The predicted octanol–water partition coefficient (Wildman–Crippen LogP) is 4.11. The molecule has 0 aliphatic carbocycles. The van der Waals surface area contributed by atoms with Crippen LogP contribution in [0.3, 0.4) is 0 Å². The Balaban J connectivity index is 2.12. The maximum absolute atomic E-state index is 13.0. The first-order valence-corrected chi connectivity index (χ1v) is 8.23. The fraction of sp³-hybridized carbons (Fsp3) is 0.105. The summed E-state index contributed by atoms with van der Waals surface area (Å²) in [5.41, 5.74) is 2.60. The van der Waals surface area contributed by atoms with E-state index in [1.54, 1.807) is 6.07 Å². The van der Waals surface area contributed by atoms with Crippen LogP contribution in [0, 0.1) is 24.4 Å². The monoisotopic (exact) mass is 369 g/mol. The first-order valence-electron chi connectivity index (χ1n) is 7.82. The summed E-state index contributed by atoms with van der Waals surface area (Å²) in [6.45, 7) is 3.92. The molecule has 2 aromatic carbocycles. The molecule has 0 atom stereocenters. The first-order chi connectivity index (χ1) is 12.4. The number of aromatic nitrogens is 2. The lowest BCUT2D eigenvalue weighted by Gasteiger charge is -2.12. The zero-order valence-corrected chi connectivity index (χ0v) is 15.0. The topological polar surface area (TPSA) is 70.4 Å². The van der Waals surface area contributed by atoms with Crippen LogP contribution in [-0.2, 0) is 0 Å². The standard InChI is InChI=1S/C19H16FN3O2S/c1-11-3-8-15(9-12(11)2)23-18(25)16(17(24)22-19(23)26)10-21-14-6-4-13(20)5-7-14/h3-10,25H,1-2H3,(H,22,24,26). The minimum atomic E-state index is -0.557. The van der Waals surface area contributed by atoms with Gasteiger partial charge in [0, 0.05) is 6.21 Å². The van der Waals surface area contributed by atoms with E-state index < -0.39 is 5.56 Å². The lowest BCUT2D eigenvalue weighted by atomic mass is 10.1. The minimum absolute atomic E-state index is 0.0406. The van der Waals surface area contributed by atoms with Crippen molar-refractivity contribution in [2.24, 2.45) is 4.99 Å². The average molecular weight is 369 g/mol. The van der Waals surface area contributed by atoms with Gasteiger partial charge >= 0.3 is 0 Å². The molecule has 0 amide bonds. The van der Waals surface area contributed by atoms with Gasteiger partial charge in [-0.25, -0.2) is 4.39 Å². The zero-order chi connectivity index (χ0) is 18.8. The third-order valence-corrected chi connectivity index (χ3v) is 4.32. The third kappa shape index (κ3) is 3.48. The number of aryl methyl sites for hydroxylation is 2. The van der Waals surface area contributed by atoms with Gasteiger partial charge in [0.15, 0.2) is 4.77 Å².